The summed E-state index contributed by atoms with van der Waals surface area (Å²) in [5.74, 6) is -0.718. The number of tetrazole rings is 1. The molecule has 2 N–H and O–H groups in total. The van der Waals surface area contributed by atoms with E-state index in [9.17, 15) is 17.6 Å². The van der Waals surface area contributed by atoms with Crippen molar-refractivity contribution in [2.45, 2.75) is 31.7 Å². The van der Waals surface area contributed by atoms with Crippen molar-refractivity contribution in [2.75, 3.05) is 5.32 Å². The van der Waals surface area contributed by atoms with E-state index in [2.05, 4.69) is 25.6 Å². The van der Waals surface area contributed by atoms with Crippen molar-refractivity contribution in [3.05, 3.63) is 59.7 Å². The number of anilines is 1. The molecule has 2 aromatic carbocycles. The molecule has 0 spiro atoms. The lowest BCUT2D eigenvalue weighted by atomic mass is 10.2. The highest BCUT2D eigenvalue weighted by molar-refractivity contribution is 7.89. The van der Waals surface area contributed by atoms with Gasteiger partial charge in [0.1, 0.15) is 5.82 Å². The van der Waals surface area contributed by atoms with Gasteiger partial charge in [-0.1, -0.05) is 0 Å². The Bertz CT molecular complexity index is 1140. The number of carbonyl (C=O) groups excluding carboxylic acids is 1. The van der Waals surface area contributed by atoms with Gasteiger partial charge in [0, 0.05) is 11.6 Å². The van der Waals surface area contributed by atoms with E-state index in [1.54, 1.807) is 20.8 Å². The number of carbonyl (C=O) groups is 1. The average molecular weight is 418 g/mol. The summed E-state index contributed by atoms with van der Waals surface area (Å²) in [6, 6.07) is 9.17. The molecule has 3 rings (SSSR count). The van der Waals surface area contributed by atoms with E-state index in [1.807, 2.05) is 0 Å². The number of aryl methyl sites for hydroxylation is 1. The van der Waals surface area contributed by atoms with Crippen LogP contribution in [0.1, 0.15) is 30.0 Å². The predicted octanol–water partition coefficient (Wildman–Crippen LogP) is 2.05. The monoisotopic (exact) mass is 418 g/mol. The molecule has 1 heterocycles. The van der Waals surface area contributed by atoms with Crippen LogP contribution in [-0.4, -0.2) is 40.6 Å². The molecule has 29 heavy (non-hydrogen) atoms. The predicted molar refractivity (Wildman–Crippen MR) is 104 cm³/mol. The highest BCUT2D eigenvalue weighted by Gasteiger charge is 2.17. The standard InChI is InChI=1S/C18H19FN6O3S/c1-11(2)22-29(27,28)15-7-4-13(5-8-15)18(26)20-17-10-14(6-9-16(17)19)25-12(3)21-23-24-25/h4-11,22H,1-3H3,(H,20,26). The molecule has 0 unspecified atom stereocenters. The normalized spacial score (nSPS) is 11.6. The third-order valence-electron chi connectivity index (χ3n) is 3.89. The number of nitrogens with zero attached hydrogens (tertiary/aromatic N) is 4. The summed E-state index contributed by atoms with van der Waals surface area (Å²) >= 11 is 0. The number of amides is 1. The Labute approximate surface area is 167 Å². The Hall–Kier alpha value is -3.18. The maximum absolute atomic E-state index is 14.2. The van der Waals surface area contributed by atoms with Crippen molar-refractivity contribution >= 4 is 21.6 Å². The van der Waals surface area contributed by atoms with Gasteiger partial charge in [-0.05, 0) is 73.7 Å². The van der Waals surface area contributed by atoms with Crippen LogP contribution in [-0.2, 0) is 10.0 Å². The fraction of sp³-hybridized carbons (Fsp3) is 0.222. The molecule has 0 saturated heterocycles. The second-order valence-corrected chi connectivity index (χ2v) is 8.27. The van der Waals surface area contributed by atoms with Crippen LogP contribution < -0.4 is 10.0 Å². The SMILES string of the molecule is Cc1nnnn1-c1ccc(F)c(NC(=O)c2ccc(S(=O)(=O)NC(C)C)cc2)c1. The van der Waals surface area contributed by atoms with Crippen LogP contribution in [0, 0.1) is 12.7 Å². The topological polar surface area (TPSA) is 119 Å². The maximum Gasteiger partial charge on any atom is 0.255 e. The van der Waals surface area contributed by atoms with Crippen LogP contribution in [0.15, 0.2) is 47.4 Å². The van der Waals surface area contributed by atoms with Crippen molar-refractivity contribution < 1.29 is 17.6 Å². The molecule has 1 aromatic heterocycles. The number of hydrogen-bond donors (Lipinski definition) is 2. The highest BCUT2D eigenvalue weighted by Crippen LogP contribution is 2.20. The lowest BCUT2D eigenvalue weighted by Gasteiger charge is -2.11. The minimum Gasteiger partial charge on any atom is -0.319 e. The van der Waals surface area contributed by atoms with Crippen LogP contribution in [0.25, 0.3) is 5.69 Å². The van der Waals surface area contributed by atoms with E-state index >= 15 is 0 Å². The molecule has 0 saturated carbocycles. The molecular weight excluding hydrogens is 399 g/mol. The number of halogens is 1. The first-order chi connectivity index (χ1) is 13.7. The molecule has 0 bridgehead atoms. The summed E-state index contributed by atoms with van der Waals surface area (Å²) in [5, 5.41) is 13.6. The fourth-order valence-electron chi connectivity index (χ4n) is 2.57. The molecule has 0 radical (unpaired) electrons. The van der Waals surface area contributed by atoms with Crippen LogP contribution in [0.5, 0.6) is 0 Å². The Balaban J connectivity index is 1.81. The zero-order valence-corrected chi connectivity index (χ0v) is 16.7. The number of rotatable bonds is 6. The van der Waals surface area contributed by atoms with Gasteiger partial charge >= 0.3 is 0 Å². The molecular formula is C18H19FN6O3S. The van der Waals surface area contributed by atoms with Crippen LogP contribution in [0.2, 0.25) is 0 Å². The molecule has 0 fully saturated rings. The molecule has 11 heteroatoms. The first-order valence-electron chi connectivity index (χ1n) is 8.66. The molecule has 0 aliphatic heterocycles. The number of benzene rings is 2. The summed E-state index contributed by atoms with van der Waals surface area (Å²) in [6.07, 6.45) is 0. The van der Waals surface area contributed by atoms with Crippen LogP contribution >= 0.6 is 0 Å². The van der Waals surface area contributed by atoms with Crippen LogP contribution in [0.4, 0.5) is 10.1 Å². The van der Waals surface area contributed by atoms with E-state index in [1.165, 1.54) is 47.1 Å². The Kier molecular flexibility index (Phi) is 5.71. The molecule has 0 aliphatic rings. The second kappa shape index (κ2) is 8.05. The molecule has 1 amide bonds. The third-order valence-corrected chi connectivity index (χ3v) is 5.56. The zero-order valence-electron chi connectivity index (χ0n) is 15.9. The van der Waals surface area contributed by atoms with Gasteiger partial charge in [0.15, 0.2) is 5.82 Å². The minimum atomic E-state index is -3.67. The van der Waals surface area contributed by atoms with E-state index in [4.69, 9.17) is 0 Å². The molecule has 0 aliphatic carbocycles. The Morgan fingerprint density at radius 1 is 1.14 bits per heavy atom. The van der Waals surface area contributed by atoms with E-state index in [0.717, 1.165) is 0 Å². The van der Waals surface area contributed by atoms with Crippen molar-refractivity contribution in [2.24, 2.45) is 0 Å². The van der Waals surface area contributed by atoms with Gasteiger partial charge in [-0.2, -0.15) is 4.68 Å². The van der Waals surface area contributed by atoms with Gasteiger partial charge in [-0.3, -0.25) is 4.79 Å². The number of nitrogens with one attached hydrogen (secondary N) is 2. The maximum atomic E-state index is 14.2. The minimum absolute atomic E-state index is 0.0325. The Morgan fingerprint density at radius 2 is 1.83 bits per heavy atom. The van der Waals surface area contributed by atoms with Gasteiger partial charge in [0.25, 0.3) is 5.91 Å². The summed E-state index contributed by atoms with van der Waals surface area (Å²) in [5.41, 5.74) is 0.600. The first-order valence-corrected chi connectivity index (χ1v) is 10.1. The van der Waals surface area contributed by atoms with E-state index < -0.39 is 21.7 Å². The van der Waals surface area contributed by atoms with Gasteiger partial charge in [0.05, 0.1) is 16.3 Å². The number of sulfonamides is 1. The van der Waals surface area contributed by atoms with Crippen molar-refractivity contribution in [3.63, 3.8) is 0 Å². The molecule has 3 aromatic rings. The molecule has 0 atom stereocenters. The summed E-state index contributed by atoms with van der Waals surface area (Å²) < 4.78 is 42.3. The van der Waals surface area contributed by atoms with Gasteiger partial charge in [-0.15, -0.1) is 5.10 Å². The number of aromatic nitrogens is 4. The van der Waals surface area contributed by atoms with Crippen molar-refractivity contribution in [3.8, 4) is 5.69 Å². The smallest absolute Gasteiger partial charge is 0.255 e. The quantitative estimate of drug-likeness (QED) is 0.632. The average Bonchev–Trinajstić information content (AvgIpc) is 3.08. The fourth-order valence-corrected chi connectivity index (χ4v) is 3.82. The Morgan fingerprint density at radius 3 is 2.41 bits per heavy atom. The lowest BCUT2D eigenvalue weighted by Crippen LogP contribution is -2.30. The van der Waals surface area contributed by atoms with Crippen molar-refractivity contribution in [1.82, 2.24) is 24.9 Å². The summed E-state index contributed by atoms with van der Waals surface area (Å²) in [6.45, 7) is 5.10. The van der Waals surface area contributed by atoms with Gasteiger partial charge < -0.3 is 5.32 Å². The zero-order chi connectivity index (χ0) is 21.2. The van der Waals surface area contributed by atoms with Gasteiger partial charge in [0.2, 0.25) is 10.0 Å². The summed E-state index contributed by atoms with van der Waals surface area (Å²) in [4.78, 5) is 12.5. The molecule has 152 valence electrons. The summed E-state index contributed by atoms with van der Waals surface area (Å²) in [7, 11) is -3.67. The lowest BCUT2D eigenvalue weighted by molar-refractivity contribution is 0.102. The largest absolute Gasteiger partial charge is 0.319 e. The first kappa shape index (κ1) is 20.6. The van der Waals surface area contributed by atoms with Crippen molar-refractivity contribution in [1.29, 1.82) is 0 Å². The highest BCUT2D eigenvalue weighted by atomic mass is 32.2. The number of hydrogen-bond acceptors (Lipinski definition) is 6. The van der Waals surface area contributed by atoms with Crippen LogP contribution in [0.3, 0.4) is 0 Å². The second-order valence-electron chi connectivity index (χ2n) is 6.56. The van der Waals surface area contributed by atoms with Gasteiger partial charge in [-0.25, -0.2) is 17.5 Å². The van der Waals surface area contributed by atoms with E-state index in [0.29, 0.717) is 11.5 Å². The third kappa shape index (κ3) is 4.63. The van der Waals surface area contributed by atoms with E-state index in [-0.39, 0.29) is 22.2 Å². The molecule has 9 nitrogen and oxygen atoms in total.